The minimum Gasteiger partial charge on any atom is -0.206 e. The van der Waals surface area contributed by atoms with Crippen LogP contribution in [0.2, 0.25) is 0 Å². The van der Waals surface area contributed by atoms with Gasteiger partial charge in [-0.2, -0.15) is 0 Å². The Labute approximate surface area is 53.6 Å². The summed E-state index contributed by atoms with van der Waals surface area (Å²) in [6.07, 6.45) is 2.37. The van der Waals surface area contributed by atoms with Gasteiger partial charge in [-0.15, -0.1) is 0 Å². The van der Waals surface area contributed by atoms with Crippen LogP contribution >= 0.6 is 0 Å². The van der Waals surface area contributed by atoms with E-state index in [1.54, 1.807) is 6.08 Å². The molecule has 0 unspecified atom stereocenters. The molecule has 0 fully saturated rings. The topological polar surface area (TPSA) is 0 Å². The first-order valence-corrected chi connectivity index (χ1v) is 3.20. The lowest BCUT2D eigenvalue weighted by atomic mass is 10.2. The van der Waals surface area contributed by atoms with Crippen molar-refractivity contribution in [3.63, 3.8) is 0 Å². The van der Waals surface area contributed by atoms with Crippen molar-refractivity contribution in [2.75, 3.05) is 0 Å². The van der Waals surface area contributed by atoms with Gasteiger partial charge in [0.1, 0.15) is 0 Å². The predicted octanol–water partition coefficient (Wildman–Crippen LogP) is 2.75. The highest BCUT2D eigenvalue weighted by molar-refractivity contribution is 5.12. The Morgan fingerprint density at radius 1 is 1.67 bits per heavy atom. The Bertz CT molecular complexity index is 136. The van der Waals surface area contributed by atoms with Gasteiger partial charge in [0.15, 0.2) is 0 Å². The zero-order chi connectivity index (χ0) is 6.91. The molecule has 1 aliphatic carbocycles. The van der Waals surface area contributed by atoms with Crippen molar-refractivity contribution in [2.24, 2.45) is 0 Å². The number of halogens is 2. The van der Waals surface area contributed by atoms with E-state index in [9.17, 15) is 8.78 Å². The molecule has 0 aromatic rings. The lowest BCUT2D eigenvalue weighted by Gasteiger charge is -2.06. The molecule has 0 heterocycles. The third-order valence-electron chi connectivity index (χ3n) is 1.63. The zero-order valence-electron chi connectivity index (χ0n) is 5.45. The maximum absolute atomic E-state index is 12.3. The molecule has 1 aliphatic rings. The molecule has 0 radical (unpaired) electrons. The first-order chi connectivity index (χ1) is 4.14. The molecule has 0 aromatic heterocycles. The lowest BCUT2D eigenvalue weighted by molar-refractivity contribution is 0.0137. The molecule has 1 rings (SSSR count). The molecule has 2 heteroatoms. The van der Waals surface area contributed by atoms with Crippen LogP contribution in [-0.2, 0) is 0 Å². The van der Waals surface area contributed by atoms with Crippen molar-refractivity contribution in [3.05, 3.63) is 11.6 Å². The summed E-state index contributed by atoms with van der Waals surface area (Å²) >= 11 is 0. The summed E-state index contributed by atoms with van der Waals surface area (Å²) in [5.41, 5.74) is 0.903. The summed E-state index contributed by atoms with van der Waals surface area (Å²) in [6.45, 7) is 1.91. The summed E-state index contributed by atoms with van der Waals surface area (Å²) in [6, 6.07) is 0. The van der Waals surface area contributed by atoms with Crippen LogP contribution < -0.4 is 0 Å². The molecule has 0 N–H and O–H groups in total. The Balaban J connectivity index is 2.50. The first kappa shape index (κ1) is 6.72. The van der Waals surface area contributed by atoms with Crippen LogP contribution in [0.1, 0.15) is 26.2 Å². The molecular formula is C7H10F2. The molecule has 0 aromatic carbocycles. The third kappa shape index (κ3) is 1.50. The second kappa shape index (κ2) is 2.09. The Kier molecular flexibility index (Phi) is 1.56. The Morgan fingerprint density at radius 2 is 2.33 bits per heavy atom. The number of hydrogen-bond acceptors (Lipinski definition) is 0. The maximum atomic E-state index is 12.3. The highest BCUT2D eigenvalue weighted by Gasteiger charge is 2.32. The average Bonchev–Trinajstić information content (AvgIpc) is 2.10. The first-order valence-electron chi connectivity index (χ1n) is 3.20. The van der Waals surface area contributed by atoms with Gasteiger partial charge in [-0.05, 0) is 6.42 Å². The van der Waals surface area contributed by atoms with E-state index in [0.29, 0.717) is 0 Å². The summed E-state index contributed by atoms with van der Waals surface area (Å²) < 4.78 is 24.7. The van der Waals surface area contributed by atoms with Crippen LogP contribution in [0.4, 0.5) is 8.78 Å². The fourth-order valence-corrected chi connectivity index (χ4v) is 1.04. The van der Waals surface area contributed by atoms with Crippen molar-refractivity contribution in [2.45, 2.75) is 32.1 Å². The minimum absolute atomic E-state index is 0.0104. The van der Waals surface area contributed by atoms with E-state index >= 15 is 0 Å². The number of rotatable bonds is 1. The SMILES string of the molecule is CCC1=CCC(F)(F)C1. The highest BCUT2D eigenvalue weighted by Crippen LogP contribution is 2.35. The third-order valence-corrected chi connectivity index (χ3v) is 1.63. The van der Waals surface area contributed by atoms with Gasteiger partial charge >= 0.3 is 0 Å². The normalized spacial score (nSPS) is 24.1. The molecule has 0 bridgehead atoms. The summed E-state index contributed by atoms with van der Waals surface area (Å²) in [5.74, 6) is -2.43. The molecule has 0 nitrogen and oxygen atoms in total. The molecule has 52 valence electrons. The van der Waals surface area contributed by atoms with Crippen LogP contribution in [0.25, 0.3) is 0 Å². The van der Waals surface area contributed by atoms with E-state index in [0.717, 1.165) is 12.0 Å². The van der Waals surface area contributed by atoms with Gasteiger partial charge in [0.25, 0.3) is 5.92 Å². The zero-order valence-corrected chi connectivity index (χ0v) is 5.45. The average molecular weight is 132 g/mol. The fourth-order valence-electron chi connectivity index (χ4n) is 1.04. The van der Waals surface area contributed by atoms with Gasteiger partial charge in [-0.1, -0.05) is 18.6 Å². The quantitative estimate of drug-likeness (QED) is 0.481. The highest BCUT2D eigenvalue weighted by atomic mass is 19.3. The van der Waals surface area contributed by atoms with Crippen molar-refractivity contribution >= 4 is 0 Å². The lowest BCUT2D eigenvalue weighted by Crippen LogP contribution is -2.09. The molecule has 0 atom stereocenters. The number of allylic oxidation sites excluding steroid dienone is 2. The van der Waals surface area contributed by atoms with Gasteiger partial charge in [0.05, 0.1) is 0 Å². The van der Waals surface area contributed by atoms with Crippen LogP contribution in [-0.4, -0.2) is 5.92 Å². The smallest absolute Gasteiger partial charge is 0.206 e. The van der Waals surface area contributed by atoms with E-state index in [2.05, 4.69) is 0 Å². The molecule has 0 saturated heterocycles. The van der Waals surface area contributed by atoms with Crippen molar-refractivity contribution in [1.29, 1.82) is 0 Å². The van der Waals surface area contributed by atoms with Crippen LogP contribution in [0.3, 0.4) is 0 Å². The van der Waals surface area contributed by atoms with E-state index < -0.39 is 5.92 Å². The molecule has 9 heavy (non-hydrogen) atoms. The predicted molar refractivity (Wildman–Crippen MR) is 32.6 cm³/mol. The van der Waals surface area contributed by atoms with Gasteiger partial charge in [-0.25, -0.2) is 8.78 Å². The van der Waals surface area contributed by atoms with E-state index in [1.807, 2.05) is 6.92 Å². The van der Waals surface area contributed by atoms with E-state index in [1.165, 1.54) is 0 Å². The van der Waals surface area contributed by atoms with Gasteiger partial charge in [0, 0.05) is 12.8 Å². The van der Waals surface area contributed by atoms with Gasteiger partial charge < -0.3 is 0 Å². The standard InChI is InChI=1S/C7H10F2/c1-2-6-3-4-7(8,9)5-6/h3H,2,4-5H2,1H3. The second-order valence-corrected chi connectivity index (χ2v) is 2.45. The molecule has 0 aliphatic heterocycles. The summed E-state index contributed by atoms with van der Waals surface area (Å²) in [4.78, 5) is 0. The summed E-state index contributed by atoms with van der Waals surface area (Å²) in [5, 5.41) is 0. The molecule has 0 amide bonds. The fraction of sp³-hybridized carbons (Fsp3) is 0.714. The van der Waals surface area contributed by atoms with Crippen LogP contribution in [0.15, 0.2) is 11.6 Å². The maximum Gasteiger partial charge on any atom is 0.255 e. The van der Waals surface area contributed by atoms with E-state index in [-0.39, 0.29) is 12.8 Å². The van der Waals surface area contributed by atoms with Crippen molar-refractivity contribution < 1.29 is 8.78 Å². The Morgan fingerprint density at radius 3 is 2.56 bits per heavy atom. The summed E-state index contributed by atoms with van der Waals surface area (Å²) in [7, 11) is 0. The number of hydrogen-bond donors (Lipinski definition) is 0. The van der Waals surface area contributed by atoms with E-state index in [4.69, 9.17) is 0 Å². The largest absolute Gasteiger partial charge is 0.255 e. The molecular weight excluding hydrogens is 122 g/mol. The van der Waals surface area contributed by atoms with Crippen LogP contribution in [0, 0.1) is 0 Å². The number of alkyl halides is 2. The van der Waals surface area contributed by atoms with Gasteiger partial charge in [0.2, 0.25) is 0 Å². The minimum atomic E-state index is -2.43. The molecule has 0 saturated carbocycles. The monoisotopic (exact) mass is 132 g/mol. The Hall–Kier alpha value is -0.400. The van der Waals surface area contributed by atoms with Crippen molar-refractivity contribution in [1.82, 2.24) is 0 Å². The van der Waals surface area contributed by atoms with Gasteiger partial charge in [-0.3, -0.25) is 0 Å². The second-order valence-electron chi connectivity index (χ2n) is 2.45. The van der Waals surface area contributed by atoms with Crippen LogP contribution in [0.5, 0.6) is 0 Å². The van der Waals surface area contributed by atoms with Crippen molar-refractivity contribution in [3.8, 4) is 0 Å². The molecule has 0 spiro atoms.